The van der Waals surface area contributed by atoms with Crippen molar-refractivity contribution in [1.82, 2.24) is 0 Å². The Balaban J connectivity index is 2.72. The molecule has 0 radical (unpaired) electrons. The van der Waals surface area contributed by atoms with Crippen LogP contribution in [0.15, 0.2) is 23.8 Å². The van der Waals surface area contributed by atoms with E-state index in [-0.39, 0.29) is 0 Å². The van der Waals surface area contributed by atoms with Gasteiger partial charge in [-0.3, -0.25) is 0 Å². The highest BCUT2D eigenvalue weighted by Crippen LogP contribution is 2.15. The molecule has 0 saturated heterocycles. The van der Waals surface area contributed by atoms with Crippen LogP contribution in [0.2, 0.25) is 0 Å². The van der Waals surface area contributed by atoms with E-state index in [1.54, 1.807) is 0 Å². The van der Waals surface area contributed by atoms with Crippen molar-refractivity contribution in [1.29, 1.82) is 5.41 Å². The summed E-state index contributed by atoms with van der Waals surface area (Å²) in [5.41, 5.74) is 1.77. The second-order valence-corrected chi connectivity index (χ2v) is 3.20. The van der Waals surface area contributed by atoms with Gasteiger partial charge >= 0.3 is 0 Å². The van der Waals surface area contributed by atoms with E-state index in [1.807, 2.05) is 6.92 Å². The predicted octanol–water partition coefficient (Wildman–Crippen LogP) is 2.94. The lowest BCUT2D eigenvalue weighted by Crippen LogP contribution is -1.90. The summed E-state index contributed by atoms with van der Waals surface area (Å²) in [6.07, 6.45) is 8.74. The van der Waals surface area contributed by atoms with Crippen molar-refractivity contribution in [2.75, 3.05) is 0 Å². The molecule has 11 heavy (non-hydrogen) atoms. The first-order valence-electron chi connectivity index (χ1n) is 4.14. The maximum Gasteiger partial charge on any atom is 0.0351 e. The van der Waals surface area contributed by atoms with Crippen LogP contribution in [0.4, 0.5) is 0 Å². The second-order valence-electron chi connectivity index (χ2n) is 3.20. The zero-order valence-corrected chi connectivity index (χ0v) is 7.22. The smallest absolute Gasteiger partial charge is 0.0351 e. The highest BCUT2D eigenvalue weighted by molar-refractivity contribution is 5.98. The first-order chi connectivity index (χ1) is 5.20. The van der Waals surface area contributed by atoms with Gasteiger partial charge in [-0.2, -0.15) is 0 Å². The van der Waals surface area contributed by atoms with Gasteiger partial charge in [-0.05, 0) is 31.3 Å². The molecule has 1 aliphatic rings. The third-order valence-corrected chi connectivity index (χ3v) is 2.02. The third-order valence-electron chi connectivity index (χ3n) is 2.02. The normalized spacial score (nSPS) is 24.2. The van der Waals surface area contributed by atoms with Gasteiger partial charge in [0.05, 0.1) is 0 Å². The van der Waals surface area contributed by atoms with Gasteiger partial charge in [-0.1, -0.05) is 25.2 Å². The minimum Gasteiger partial charge on any atom is -0.305 e. The van der Waals surface area contributed by atoms with Crippen LogP contribution in [0.3, 0.4) is 0 Å². The largest absolute Gasteiger partial charge is 0.305 e. The fraction of sp³-hybridized carbons (Fsp3) is 0.500. The molecular formula is C10H15N. The van der Waals surface area contributed by atoms with Crippen LogP contribution in [0.25, 0.3) is 0 Å². The van der Waals surface area contributed by atoms with E-state index in [0.29, 0.717) is 11.6 Å². The zero-order valence-electron chi connectivity index (χ0n) is 7.22. The molecule has 1 atom stereocenters. The van der Waals surface area contributed by atoms with Gasteiger partial charge in [-0.25, -0.2) is 0 Å². The summed E-state index contributed by atoms with van der Waals surface area (Å²) >= 11 is 0. The molecule has 0 amide bonds. The molecular weight excluding hydrogens is 134 g/mol. The van der Waals surface area contributed by atoms with Crippen molar-refractivity contribution >= 4 is 5.71 Å². The Morgan fingerprint density at radius 2 is 2.36 bits per heavy atom. The van der Waals surface area contributed by atoms with Gasteiger partial charge in [0.2, 0.25) is 0 Å². The van der Waals surface area contributed by atoms with Crippen LogP contribution in [0.5, 0.6) is 0 Å². The molecule has 0 aliphatic heterocycles. The Labute approximate surface area is 68.3 Å². The molecule has 0 aromatic carbocycles. The third kappa shape index (κ3) is 2.34. The van der Waals surface area contributed by atoms with Gasteiger partial charge in [-0.15, -0.1) is 0 Å². The molecule has 1 heteroatoms. The summed E-state index contributed by atoms with van der Waals surface area (Å²) in [6.45, 7) is 4.05. The van der Waals surface area contributed by atoms with Crippen molar-refractivity contribution in [3.8, 4) is 0 Å². The molecule has 1 rings (SSSR count). The van der Waals surface area contributed by atoms with E-state index in [2.05, 4.69) is 25.2 Å². The maximum atomic E-state index is 7.43. The lowest BCUT2D eigenvalue weighted by Gasteiger charge is -1.97. The summed E-state index contributed by atoms with van der Waals surface area (Å²) < 4.78 is 0. The number of nitrogens with one attached hydrogen (secondary N) is 1. The van der Waals surface area contributed by atoms with E-state index in [0.717, 1.165) is 12.0 Å². The highest BCUT2D eigenvalue weighted by atomic mass is 14.4. The minimum atomic E-state index is 0.670. The number of hydrogen-bond donors (Lipinski definition) is 1. The summed E-state index contributed by atoms with van der Waals surface area (Å²) in [6, 6.07) is 0. The van der Waals surface area contributed by atoms with Gasteiger partial charge in [0.25, 0.3) is 0 Å². The summed E-state index contributed by atoms with van der Waals surface area (Å²) in [4.78, 5) is 0. The van der Waals surface area contributed by atoms with E-state index >= 15 is 0 Å². The van der Waals surface area contributed by atoms with Crippen LogP contribution < -0.4 is 0 Å². The molecule has 1 nitrogen and oxygen atoms in total. The van der Waals surface area contributed by atoms with Gasteiger partial charge < -0.3 is 5.41 Å². The van der Waals surface area contributed by atoms with E-state index in [9.17, 15) is 0 Å². The lowest BCUT2D eigenvalue weighted by molar-refractivity contribution is 0.662. The topological polar surface area (TPSA) is 23.9 Å². The van der Waals surface area contributed by atoms with E-state index < -0.39 is 0 Å². The van der Waals surface area contributed by atoms with Crippen molar-refractivity contribution in [2.45, 2.75) is 26.7 Å². The average molecular weight is 149 g/mol. The van der Waals surface area contributed by atoms with Crippen LogP contribution in [-0.4, -0.2) is 5.71 Å². The molecule has 60 valence electrons. The fourth-order valence-electron chi connectivity index (χ4n) is 1.21. The molecule has 0 spiro atoms. The Kier molecular flexibility index (Phi) is 2.64. The first kappa shape index (κ1) is 8.25. The van der Waals surface area contributed by atoms with Gasteiger partial charge in [0.1, 0.15) is 0 Å². The Bertz CT molecular complexity index is 211. The summed E-state index contributed by atoms with van der Waals surface area (Å²) in [5.74, 6) is 0.670. The van der Waals surface area contributed by atoms with Crippen LogP contribution in [0.1, 0.15) is 26.7 Å². The SMILES string of the molecule is CC(=N)C1=CCCC(C)C=C1. The molecule has 1 unspecified atom stereocenters. The summed E-state index contributed by atoms with van der Waals surface area (Å²) in [7, 11) is 0. The molecule has 1 N–H and O–H groups in total. The minimum absolute atomic E-state index is 0.670. The lowest BCUT2D eigenvalue weighted by atomic mass is 10.1. The van der Waals surface area contributed by atoms with Crippen molar-refractivity contribution in [3.05, 3.63) is 23.8 Å². The number of rotatable bonds is 1. The molecule has 1 aliphatic carbocycles. The van der Waals surface area contributed by atoms with Crippen LogP contribution >= 0.6 is 0 Å². The zero-order chi connectivity index (χ0) is 8.27. The maximum absolute atomic E-state index is 7.43. The molecule has 0 saturated carbocycles. The Morgan fingerprint density at radius 3 is 3.00 bits per heavy atom. The van der Waals surface area contributed by atoms with Gasteiger partial charge in [0, 0.05) is 5.71 Å². The van der Waals surface area contributed by atoms with E-state index in [1.165, 1.54) is 6.42 Å². The number of allylic oxidation sites excluding steroid dienone is 4. The van der Waals surface area contributed by atoms with Crippen molar-refractivity contribution in [2.24, 2.45) is 5.92 Å². The van der Waals surface area contributed by atoms with Gasteiger partial charge in [0.15, 0.2) is 0 Å². The Morgan fingerprint density at radius 1 is 1.64 bits per heavy atom. The van der Waals surface area contributed by atoms with Crippen LogP contribution in [-0.2, 0) is 0 Å². The molecule has 0 aromatic heterocycles. The monoisotopic (exact) mass is 149 g/mol. The van der Waals surface area contributed by atoms with E-state index in [4.69, 9.17) is 5.41 Å². The second kappa shape index (κ2) is 3.51. The number of hydrogen-bond acceptors (Lipinski definition) is 1. The predicted molar refractivity (Wildman–Crippen MR) is 49.0 cm³/mol. The summed E-state index contributed by atoms with van der Waals surface area (Å²) in [5, 5.41) is 7.43. The highest BCUT2D eigenvalue weighted by Gasteiger charge is 2.02. The molecule has 0 aromatic rings. The quantitative estimate of drug-likeness (QED) is 0.554. The van der Waals surface area contributed by atoms with Crippen molar-refractivity contribution in [3.63, 3.8) is 0 Å². The molecule has 0 bridgehead atoms. The molecule has 0 heterocycles. The molecule has 0 fully saturated rings. The fourth-order valence-corrected chi connectivity index (χ4v) is 1.21. The van der Waals surface area contributed by atoms with Crippen LogP contribution in [0, 0.1) is 11.3 Å². The Hall–Kier alpha value is -0.850. The van der Waals surface area contributed by atoms with Crippen molar-refractivity contribution < 1.29 is 0 Å². The average Bonchev–Trinajstić information content (AvgIpc) is 2.13. The first-order valence-corrected chi connectivity index (χ1v) is 4.14. The standard InChI is InChI=1S/C10H15N/c1-8-4-3-5-10(7-6-8)9(2)11/h5-8,11H,3-4H2,1-2H3.